The van der Waals surface area contributed by atoms with Crippen molar-refractivity contribution in [3.63, 3.8) is 0 Å². The van der Waals surface area contributed by atoms with E-state index in [1.54, 1.807) is 4.68 Å². The average Bonchev–Trinajstić information content (AvgIpc) is 2.95. The highest BCUT2D eigenvalue weighted by molar-refractivity contribution is 5.80. The van der Waals surface area contributed by atoms with Crippen LogP contribution in [0.25, 0.3) is 11.0 Å². The number of para-hydroxylation sites is 1. The Hall–Kier alpha value is -2.69. The molecule has 2 atom stereocenters. The maximum absolute atomic E-state index is 12.8. The largest absolute Gasteiger partial charge is 0.333 e. The number of aromatic nitrogens is 3. The van der Waals surface area contributed by atoms with Gasteiger partial charge in [-0.2, -0.15) is 0 Å². The third kappa shape index (κ3) is 2.46. The molecule has 1 aromatic heterocycles. The summed E-state index contributed by atoms with van der Waals surface area (Å²) in [6.45, 7) is 5.31. The van der Waals surface area contributed by atoms with Gasteiger partial charge >= 0.3 is 0 Å². The third-order valence-electron chi connectivity index (χ3n) is 4.77. The van der Waals surface area contributed by atoms with Gasteiger partial charge in [-0.05, 0) is 30.5 Å². The van der Waals surface area contributed by atoms with Crippen LogP contribution in [0.3, 0.4) is 0 Å². The lowest BCUT2D eigenvalue weighted by Gasteiger charge is -2.47. The summed E-state index contributed by atoms with van der Waals surface area (Å²) in [5, 5.41) is 8.25. The molecule has 2 heterocycles. The molecular formula is C19H20N4O. The second-order valence-corrected chi connectivity index (χ2v) is 6.62. The van der Waals surface area contributed by atoms with Crippen molar-refractivity contribution in [2.75, 3.05) is 6.54 Å². The van der Waals surface area contributed by atoms with Gasteiger partial charge in [0.2, 0.25) is 5.91 Å². The Balaban J connectivity index is 1.56. The molecule has 4 rings (SSSR count). The molecule has 2 unspecified atom stereocenters. The fourth-order valence-corrected chi connectivity index (χ4v) is 3.57. The van der Waals surface area contributed by atoms with Crippen molar-refractivity contribution >= 4 is 16.9 Å². The summed E-state index contributed by atoms with van der Waals surface area (Å²) in [4.78, 5) is 14.7. The molecule has 1 amide bonds. The summed E-state index contributed by atoms with van der Waals surface area (Å²) in [6, 6.07) is 16.3. The van der Waals surface area contributed by atoms with Crippen molar-refractivity contribution in [2.24, 2.45) is 5.92 Å². The highest BCUT2D eigenvalue weighted by Gasteiger charge is 2.39. The van der Waals surface area contributed by atoms with E-state index in [0.717, 1.165) is 17.6 Å². The quantitative estimate of drug-likeness (QED) is 0.745. The van der Waals surface area contributed by atoms with E-state index in [1.165, 1.54) is 11.1 Å². The number of hydrogen-bond donors (Lipinski definition) is 0. The minimum Gasteiger partial charge on any atom is -0.333 e. The zero-order valence-electron chi connectivity index (χ0n) is 13.9. The van der Waals surface area contributed by atoms with Crippen LogP contribution in [0.5, 0.6) is 0 Å². The van der Waals surface area contributed by atoms with E-state index in [0.29, 0.717) is 5.92 Å². The molecule has 3 aromatic rings. The van der Waals surface area contributed by atoms with Crippen molar-refractivity contribution in [1.82, 2.24) is 19.9 Å². The number of fused-ring (bicyclic) bond motifs is 1. The number of rotatable bonds is 3. The topological polar surface area (TPSA) is 51.0 Å². The highest BCUT2D eigenvalue weighted by atomic mass is 16.2. The van der Waals surface area contributed by atoms with Crippen LogP contribution in [0.2, 0.25) is 0 Å². The smallest absolute Gasteiger partial charge is 0.244 e. The van der Waals surface area contributed by atoms with Gasteiger partial charge in [0.1, 0.15) is 12.1 Å². The minimum atomic E-state index is 0.0928. The summed E-state index contributed by atoms with van der Waals surface area (Å²) in [7, 11) is 0. The molecule has 1 aliphatic rings. The highest BCUT2D eigenvalue weighted by Crippen LogP contribution is 2.38. The van der Waals surface area contributed by atoms with E-state index in [1.807, 2.05) is 29.2 Å². The first-order valence-corrected chi connectivity index (χ1v) is 8.28. The maximum Gasteiger partial charge on any atom is 0.244 e. The number of benzene rings is 2. The summed E-state index contributed by atoms with van der Waals surface area (Å²) in [6.07, 6.45) is 0. The molecular weight excluding hydrogens is 300 g/mol. The fraction of sp³-hybridized carbons (Fsp3) is 0.316. The molecule has 0 spiro atoms. The number of carbonyl (C=O) groups excluding carboxylic acids is 1. The second-order valence-electron chi connectivity index (χ2n) is 6.62. The first kappa shape index (κ1) is 14.9. The van der Waals surface area contributed by atoms with Gasteiger partial charge in [0.15, 0.2) is 0 Å². The molecule has 5 nitrogen and oxygen atoms in total. The molecule has 122 valence electrons. The standard InChI is InChI=1S/C19H20N4O/c1-13-6-5-7-15(10-13)19-14(2)11-22(19)18(24)12-23-17-9-4-3-8-16(17)20-21-23/h3-10,14,19H,11-12H2,1-2H3. The summed E-state index contributed by atoms with van der Waals surface area (Å²) in [5.74, 6) is 0.568. The Bertz CT molecular complexity index is 901. The van der Waals surface area contributed by atoms with Gasteiger partial charge < -0.3 is 4.90 Å². The average molecular weight is 320 g/mol. The van der Waals surface area contributed by atoms with Gasteiger partial charge in [0, 0.05) is 6.54 Å². The normalized spacial score (nSPS) is 20.2. The van der Waals surface area contributed by atoms with Crippen LogP contribution in [0.15, 0.2) is 48.5 Å². The lowest BCUT2D eigenvalue weighted by Crippen LogP contribution is -2.52. The maximum atomic E-state index is 12.8. The van der Waals surface area contributed by atoms with Gasteiger partial charge in [-0.1, -0.05) is 54.1 Å². The van der Waals surface area contributed by atoms with Crippen LogP contribution in [-0.2, 0) is 11.3 Å². The van der Waals surface area contributed by atoms with Gasteiger partial charge in [-0.25, -0.2) is 4.68 Å². The van der Waals surface area contributed by atoms with Crippen LogP contribution in [0, 0.1) is 12.8 Å². The molecule has 0 saturated carbocycles. The number of carbonyl (C=O) groups is 1. The van der Waals surface area contributed by atoms with Crippen LogP contribution in [0.1, 0.15) is 24.1 Å². The molecule has 1 fully saturated rings. The van der Waals surface area contributed by atoms with Crippen LogP contribution in [0.4, 0.5) is 0 Å². The lowest BCUT2D eigenvalue weighted by molar-refractivity contribution is -0.144. The SMILES string of the molecule is Cc1cccc(C2C(C)CN2C(=O)Cn2nnc3ccccc32)c1. The van der Waals surface area contributed by atoms with Gasteiger partial charge in [0.25, 0.3) is 0 Å². The monoisotopic (exact) mass is 320 g/mol. The van der Waals surface area contributed by atoms with E-state index in [4.69, 9.17) is 0 Å². The zero-order chi connectivity index (χ0) is 16.7. The van der Waals surface area contributed by atoms with E-state index < -0.39 is 0 Å². The molecule has 0 N–H and O–H groups in total. The predicted octanol–water partition coefficient (Wildman–Crippen LogP) is 2.96. The molecule has 1 aliphatic heterocycles. The van der Waals surface area contributed by atoms with Crippen molar-refractivity contribution < 1.29 is 4.79 Å². The van der Waals surface area contributed by atoms with Gasteiger partial charge in [0.05, 0.1) is 11.6 Å². The minimum absolute atomic E-state index is 0.0928. The van der Waals surface area contributed by atoms with Crippen molar-refractivity contribution in [1.29, 1.82) is 0 Å². The molecule has 0 aliphatic carbocycles. The Labute approximate surface area is 140 Å². The zero-order valence-corrected chi connectivity index (χ0v) is 13.9. The Morgan fingerprint density at radius 2 is 2.04 bits per heavy atom. The summed E-state index contributed by atoms with van der Waals surface area (Å²) in [5.41, 5.74) is 4.15. The third-order valence-corrected chi connectivity index (χ3v) is 4.77. The number of nitrogens with zero attached hydrogens (tertiary/aromatic N) is 4. The molecule has 24 heavy (non-hydrogen) atoms. The Morgan fingerprint density at radius 1 is 1.21 bits per heavy atom. The number of aryl methyl sites for hydroxylation is 1. The van der Waals surface area contributed by atoms with Crippen LogP contribution in [-0.4, -0.2) is 32.3 Å². The first-order valence-electron chi connectivity index (χ1n) is 8.28. The Kier molecular flexibility index (Phi) is 3.56. The van der Waals surface area contributed by atoms with E-state index in [-0.39, 0.29) is 18.5 Å². The summed E-state index contributed by atoms with van der Waals surface area (Å²) >= 11 is 0. The molecule has 0 radical (unpaired) electrons. The molecule has 2 aromatic carbocycles. The van der Waals surface area contributed by atoms with Crippen LogP contribution < -0.4 is 0 Å². The number of likely N-dealkylation sites (tertiary alicyclic amines) is 1. The van der Waals surface area contributed by atoms with E-state index >= 15 is 0 Å². The number of amides is 1. The van der Waals surface area contributed by atoms with Gasteiger partial charge in [-0.3, -0.25) is 4.79 Å². The van der Waals surface area contributed by atoms with Crippen molar-refractivity contribution in [3.05, 3.63) is 59.7 Å². The van der Waals surface area contributed by atoms with E-state index in [9.17, 15) is 4.79 Å². The second kappa shape index (κ2) is 5.74. The fourth-order valence-electron chi connectivity index (χ4n) is 3.57. The summed E-state index contributed by atoms with van der Waals surface area (Å²) < 4.78 is 1.69. The van der Waals surface area contributed by atoms with Gasteiger partial charge in [-0.15, -0.1) is 5.10 Å². The molecule has 0 bridgehead atoms. The number of hydrogen-bond acceptors (Lipinski definition) is 3. The van der Waals surface area contributed by atoms with Crippen molar-refractivity contribution in [2.45, 2.75) is 26.4 Å². The van der Waals surface area contributed by atoms with Crippen molar-refractivity contribution in [3.8, 4) is 0 Å². The van der Waals surface area contributed by atoms with Crippen LogP contribution >= 0.6 is 0 Å². The predicted molar refractivity (Wildman–Crippen MR) is 92.3 cm³/mol. The lowest BCUT2D eigenvalue weighted by atomic mass is 9.84. The first-order chi connectivity index (χ1) is 11.6. The Morgan fingerprint density at radius 3 is 2.83 bits per heavy atom. The van der Waals surface area contributed by atoms with E-state index in [2.05, 4.69) is 48.4 Å². The molecule has 5 heteroatoms. The molecule has 1 saturated heterocycles.